The Balaban J connectivity index is 1.72. The normalized spacial score (nSPS) is 22.5. The van der Waals surface area contributed by atoms with Crippen LogP contribution in [0.3, 0.4) is 0 Å². The van der Waals surface area contributed by atoms with Crippen molar-refractivity contribution in [2.45, 2.75) is 58.6 Å². The molecular formula is C22H29FN3O7PS. The van der Waals surface area contributed by atoms with E-state index < -0.39 is 48.1 Å². The number of aromatic nitrogens is 2. The third-order valence-corrected chi connectivity index (χ3v) is 7.61. The Morgan fingerprint density at radius 1 is 1.29 bits per heavy atom. The number of hydrogen-bond acceptors (Lipinski definition) is 8. The lowest BCUT2D eigenvalue weighted by molar-refractivity contribution is -0.149. The van der Waals surface area contributed by atoms with Crippen molar-refractivity contribution in [1.29, 1.82) is 0 Å². The van der Waals surface area contributed by atoms with Crippen LogP contribution in [-0.2, 0) is 30.6 Å². The lowest BCUT2D eigenvalue weighted by Crippen LogP contribution is -2.36. The molecular weight excluding hydrogens is 500 g/mol. The lowest BCUT2D eigenvalue weighted by Gasteiger charge is -2.27. The van der Waals surface area contributed by atoms with Gasteiger partial charge in [0, 0.05) is 18.2 Å². The molecule has 2 heterocycles. The molecule has 0 amide bonds. The van der Waals surface area contributed by atoms with Crippen molar-refractivity contribution < 1.29 is 27.7 Å². The standard InChI is InChI=1S/C22H29FN3O7PS/c1-13(2)31-21(28)15(4)25-34(35,33-17-7-5-16(23)6-8-17)30-12-18-11-14(3)20(32-18)26-10-9-19(27)24-22(26)29/h5-10,13-15,18,20H,11-12H2,1-4H3,(H,25,35)(H,24,27,29). The summed E-state index contributed by atoms with van der Waals surface area (Å²) < 4.78 is 37.7. The fourth-order valence-corrected chi connectivity index (χ4v) is 5.96. The number of H-pyrrole nitrogens is 1. The molecule has 192 valence electrons. The van der Waals surface area contributed by atoms with Crippen LogP contribution in [0.15, 0.2) is 46.1 Å². The fraction of sp³-hybridized carbons (Fsp3) is 0.500. The highest BCUT2D eigenvalue weighted by Crippen LogP contribution is 2.46. The van der Waals surface area contributed by atoms with Gasteiger partial charge in [-0.25, -0.2) is 14.3 Å². The van der Waals surface area contributed by atoms with Gasteiger partial charge in [0.25, 0.3) is 5.56 Å². The van der Waals surface area contributed by atoms with Crippen LogP contribution in [0.1, 0.15) is 40.3 Å². The highest BCUT2D eigenvalue weighted by atomic mass is 32.5. The summed E-state index contributed by atoms with van der Waals surface area (Å²) in [5.74, 6) is -0.755. The summed E-state index contributed by atoms with van der Waals surface area (Å²) in [6.07, 6.45) is 0.583. The van der Waals surface area contributed by atoms with Crippen LogP contribution in [0, 0.1) is 11.7 Å². The summed E-state index contributed by atoms with van der Waals surface area (Å²) in [6, 6.07) is 5.68. The Morgan fingerprint density at radius 2 is 1.97 bits per heavy atom. The number of esters is 1. The van der Waals surface area contributed by atoms with E-state index in [2.05, 4.69) is 10.1 Å². The second-order valence-electron chi connectivity index (χ2n) is 8.55. The first-order valence-corrected chi connectivity index (χ1v) is 13.7. The van der Waals surface area contributed by atoms with Crippen molar-refractivity contribution in [3.8, 4) is 5.75 Å². The largest absolute Gasteiger partial charge is 0.462 e. The van der Waals surface area contributed by atoms with Crippen molar-refractivity contribution in [3.63, 3.8) is 0 Å². The molecule has 1 aliphatic rings. The molecule has 1 aromatic carbocycles. The summed E-state index contributed by atoms with van der Waals surface area (Å²) in [6.45, 7) is 3.64. The Morgan fingerprint density at radius 3 is 2.60 bits per heavy atom. The van der Waals surface area contributed by atoms with Crippen LogP contribution in [0.25, 0.3) is 0 Å². The van der Waals surface area contributed by atoms with Gasteiger partial charge in [-0.3, -0.25) is 19.1 Å². The summed E-state index contributed by atoms with van der Waals surface area (Å²) in [7, 11) is 0. The molecule has 1 aliphatic heterocycles. The predicted octanol–water partition coefficient (Wildman–Crippen LogP) is 2.85. The van der Waals surface area contributed by atoms with Gasteiger partial charge in [-0.05, 0) is 63.3 Å². The molecule has 0 saturated carbocycles. The summed E-state index contributed by atoms with van der Waals surface area (Å²) in [5.41, 5.74) is -1.06. The minimum absolute atomic E-state index is 0.0103. The van der Waals surface area contributed by atoms with Crippen molar-refractivity contribution >= 4 is 24.4 Å². The molecule has 10 nitrogen and oxygen atoms in total. The molecule has 0 aliphatic carbocycles. The first-order valence-electron chi connectivity index (χ1n) is 11.1. The number of halogens is 1. The SMILES string of the molecule is CC(C)OC(=O)C(C)NP(=S)(OCC1CC(C)C(n2ccc(=O)[nH]c2=O)O1)Oc1ccc(F)cc1. The van der Waals surface area contributed by atoms with Crippen molar-refractivity contribution in [2.24, 2.45) is 5.92 Å². The molecule has 35 heavy (non-hydrogen) atoms. The first kappa shape index (κ1) is 27.2. The van der Waals surface area contributed by atoms with Gasteiger partial charge in [-0.15, -0.1) is 0 Å². The summed E-state index contributed by atoms with van der Waals surface area (Å²) in [4.78, 5) is 38.1. The summed E-state index contributed by atoms with van der Waals surface area (Å²) in [5, 5.41) is 2.92. The number of carbonyl (C=O) groups is 1. The van der Waals surface area contributed by atoms with E-state index >= 15 is 0 Å². The zero-order chi connectivity index (χ0) is 25.8. The van der Waals surface area contributed by atoms with E-state index in [1.807, 2.05) is 6.92 Å². The zero-order valence-electron chi connectivity index (χ0n) is 19.8. The van der Waals surface area contributed by atoms with E-state index in [1.54, 1.807) is 20.8 Å². The minimum atomic E-state index is -3.33. The molecule has 1 aromatic heterocycles. The fourth-order valence-electron chi connectivity index (χ4n) is 3.52. The second kappa shape index (κ2) is 11.6. The van der Waals surface area contributed by atoms with E-state index in [-0.39, 0.29) is 24.4 Å². The summed E-state index contributed by atoms with van der Waals surface area (Å²) >= 11 is 5.65. The van der Waals surface area contributed by atoms with Gasteiger partial charge in [0.2, 0.25) is 0 Å². The number of carbonyl (C=O) groups excluding carboxylic acids is 1. The van der Waals surface area contributed by atoms with Crippen LogP contribution >= 0.6 is 6.64 Å². The molecule has 2 N–H and O–H groups in total. The number of nitrogens with one attached hydrogen (secondary N) is 2. The Labute approximate surface area is 207 Å². The van der Waals surface area contributed by atoms with Gasteiger partial charge in [0.15, 0.2) is 0 Å². The van der Waals surface area contributed by atoms with Gasteiger partial charge in [-0.1, -0.05) is 6.92 Å². The van der Waals surface area contributed by atoms with E-state index in [0.29, 0.717) is 6.42 Å². The minimum Gasteiger partial charge on any atom is -0.462 e. The smallest absolute Gasteiger partial charge is 0.330 e. The first-order chi connectivity index (χ1) is 16.5. The van der Waals surface area contributed by atoms with Crippen LogP contribution in [0.2, 0.25) is 0 Å². The van der Waals surface area contributed by atoms with E-state index in [4.69, 9.17) is 30.3 Å². The Hall–Kier alpha value is -2.37. The Bertz CT molecular complexity index is 1190. The maximum absolute atomic E-state index is 13.3. The molecule has 0 spiro atoms. The van der Waals surface area contributed by atoms with Crippen LogP contribution in [0.4, 0.5) is 4.39 Å². The molecule has 13 heteroatoms. The van der Waals surface area contributed by atoms with Gasteiger partial charge in [-0.2, -0.15) is 0 Å². The van der Waals surface area contributed by atoms with Crippen LogP contribution < -0.4 is 20.9 Å². The number of rotatable bonds is 10. The highest BCUT2D eigenvalue weighted by molar-refractivity contribution is 8.09. The van der Waals surface area contributed by atoms with Crippen LogP contribution in [-0.4, -0.2) is 40.4 Å². The van der Waals surface area contributed by atoms with Gasteiger partial charge in [0.1, 0.15) is 23.8 Å². The zero-order valence-corrected chi connectivity index (χ0v) is 21.5. The second-order valence-corrected chi connectivity index (χ2v) is 11.7. The van der Waals surface area contributed by atoms with Crippen molar-refractivity contribution in [3.05, 3.63) is 63.2 Å². The third-order valence-electron chi connectivity index (χ3n) is 5.11. The van der Waals surface area contributed by atoms with Gasteiger partial charge in [0.05, 0.1) is 18.8 Å². The quantitative estimate of drug-likeness (QED) is 0.354. The molecule has 0 radical (unpaired) electrons. The molecule has 3 rings (SSSR count). The van der Waals surface area contributed by atoms with E-state index in [1.165, 1.54) is 41.1 Å². The average molecular weight is 530 g/mol. The number of aromatic amines is 1. The lowest BCUT2D eigenvalue weighted by atomic mass is 10.1. The maximum Gasteiger partial charge on any atom is 0.330 e. The van der Waals surface area contributed by atoms with E-state index in [9.17, 15) is 18.8 Å². The molecule has 5 atom stereocenters. The third kappa shape index (κ3) is 7.55. The highest BCUT2D eigenvalue weighted by Gasteiger charge is 2.36. The molecule has 1 fully saturated rings. The maximum atomic E-state index is 13.3. The monoisotopic (exact) mass is 529 g/mol. The number of benzene rings is 1. The van der Waals surface area contributed by atoms with Gasteiger partial charge < -0.3 is 18.5 Å². The molecule has 5 unspecified atom stereocenters. The van der Waals surface area contributed by atoms with Crippen LogP contribution in [0.5, 0.6) is 5.75 Å². The Kier molecular flexibility index (Phi) is 9.00. The average Bonchev–Trinajstić information content (AvgIpc) is 3.14. The molecule has 0 bridgehead atoms. The molecule has 2 aromatic rings. The van der Waals surface area contributed by atoms with Gasteiger partial charge >= 0.3 is 18.3 Å². The van der Waals surface area contributed by atoms with Crippen molar-refractivity contribution in [2.75, 3.05) is 6.61 Å². The number of hydrogen-bond donors (Lipinski definition) is 2. The number of nitrogens with zero attached hydrogens (tertiary/aromatic N) is 1. The van der Waals surface area contributed by atoms with E-state index in [0.717, 1.165) is 0 Å². The predicted molar refractivity (Wildman–Crippen MR) is 130 cm³/mol. The number of ether oxygens (including phenoxy) is 2. The van der Waals surface area contributed by atoms with Crippen molar-refractivity contribution in [1.82, 2.24) is 14.6 Å². The topological polar surface area (TPSA) is 121 Å². The molecule has 1 saturated heterocycles.